The van der Waals surface area contributed by atoms with Gasteiger partial charge in [-0.15, -0.1) is 12.4 Å². The molecule has 1 rings (SSSR count). The fourth-order valence-corrected chi connectivity index (χ4v) is 1.03. The quantitative estimate of drug-likeness (QED) is 0.745. The highest BCUT2D eigenvalue weighted by atomic mass is 35.5. The van der Waals surface area contributed by atoms with Crippen molar-refractivity contribution in [2.24, 2.45) is 11.5 Å². The molecular weight excluding hydrogens is 188 g/mol. The Hall–Kier alpha value is -1.06. The molecule has 4 N–H and O–H groups in total. The predicted molar refractivity (Wildman–Crippen MR) is 54.5 cm³/mol. The predicted octanol–water partition coefficient (Wildman–Crippen LogP) is 0.902. The Morgan fingerprint density at radius 3 is 2.54 bits per heavy atom. The fraction of sp³-hybridized carbons (Fsp3) is 0.222. The lowest BCUT2D eigenvalue weighted by atomic mass is 10.1. The van der Waals surface area contributed by atoms with Crippen LogP contribution in [-0.4, -0.2) is 5.91 Å². The highest BCUT2D eigenvalue weighted by molar-refractivity contribution is 5.85. The summed E-state index contributed by atoms with van der Waals surface area (Å²) in [5, 5.41) is 0. The molecule has 72 valence electrons. The molecule has 0 aliphatic heterocycles. The SMILES string of the molecule is Cc1cccc(C(N)C(N)=O)c1.Cl. The highest BCUT2D eigenvalue weighted by Crippen LogP contribution is 2.10. The van der Waals surface area contributed by atoms with E-state index in [0.717, 1.165) is 11.1 Å². The lowest BCUT2D eigenvalue weighted by Crippen LogP contribution is -2.28. The van der Waals surface area contributed by atoms with Crippen LogP contribution in [0.5, 0.6) is 0 Å². The first-order chi connectivity index (χ1) is 5.61. The molecule has 13 heavy (non-hydrogen) atoms. The summed E-state index contributed by atoms with van der Waals surface area (Å²) in [6.07, 6.45) is 0. The molecule has 0 radical (unpaired) electrons. The van der Waals surface area contributed by atoms with Crippen molar-refractivity contribution in [1.29, 1.82) is 0 Å². The molecule has 0 spiro atoms. The molecule has 3 nitrogen and oxygen atoms in total. The van der Waals surface area contributed by atoms with E-state index in [1.807, 2.05) is 25.1 Å². The summed E-state index contributed by atoms with van der Waals surface area (Å²) in [5.74, 6) is -0.499. The number of benzene rings is 1. The number of hydrogen-bond acceptors (Lipinski definition) is 2. The molecule has 1 amide bonds. The minimum atomic E-state index is -0.690. The molecule has 1 aromatic carbocycles. The van der Waals surface area contributed by atoms with Crippen LogP contribution in [0.1, 0.15) is 17.2 Å². The van der Waals surface area contributed by atoms with E-state index in [1.165, 1.54) is 0 Å². The van der Waals surface area contributed by atoms with Crippen molar-refractivity contribution in [3.05, 3.63) is 35.4 Å². The van der Waals surface area contributed by atoms with Crippen molar-refractivity contribution >= 4 is 18.3 Å². The molecule has 0 heterocycles. The largest absolute Gasteiger partial charge is 0.368 e. The summed E-state index contributed by atoms with van der Waals surface area (Å²) in [6.45, 7) is 1.94. The molecule has 1 unspecified atom stereocenters. The summed E-state index contributed by atoms with van der Waals surface area (Å²) < 4.78 is 0. The van der Waals surface area contributed by atoms with Gasteiger partial charge in [-0.05, 0) is 12.5 Å². The summed E-state index contributed by atoms with van der Waals surface area (Å²) in [6, 6.07) is 6.76. The van der Waals surface area contributed by atoms with Crippen molar-refractivity contribution in [3.8, 4) is 0 Å². The van der Waals surface area contributed by atoms with Gasteiger partial charge in [-0.2, -0.15) is 0 Å². The Morgan fingerprint density at radius 2 is 2.08 bits per heavy atom. The van der Waals surface area contributed by atoms with Gasteiger partial charge in [0.1, 0.15) is 6.04 Å². The number of amides is 1. The normalized spacial score (nSPS) is 11.5. The molecule has 1 atom stereocenters. The molecule has 0 bridgehead atoms. The van der Waals surface area contributed by atoms with E-state index in [4.69, 9.17) is 11.5 Å². The van der Waals surface area contributed by atoms with Gasteiger partial charge in [0.15, 0.2) is 0 Å². The van der Waals surface area contributed by atoms with E-state index in [2.05, 4.69) is 0 Å². The van der Waals surface area contributed by atoms with Crippen LogP contribution in [0.3, 0.4) is 0 Å². The van der Waals surface area contributed by atoms with Gasteiger partial charge in [0.05, 0.1) is 0 Å². The number of halogens is 1. The Morgan fingerprint density at radius 1 is 1.46 bits per heavy atom. The van der Waals surface area contributed by atoms with Crippen LogP contribution in [0.2, 0.25) is 0 Å². The van der Waals surface area contributed by atoms with Crippen molar-refractivity contribution in [2.45, 2.75) is 13.0 Å². The fourth-order valence-electron chi connectivity index (χ4n) is 1.03. The molecule has 0 fully saturated rings. The second-order valence-electron chi connectivity index (χ2n) is 2.79. The zero-order valence-corrected chi connectivity index (χ0v) is 8.17. The second kappa shape index (κ2) is 4.84. The molecule has 0 aliphatic rings. The first-order valence-electron chi connectivity index (χ1n) is 3.72. The van der Waals surface area contributed by atoms with E-state index >= 15 is 0 Å². The number of hydrogen-bond donors (Lipinski definition) is 2. The van der Waals surface area contributed by atoms with Gasteiger partial charge in [-0.1, -0.05) is 29.8 Å². The number of primary amides is 1. The Labute approximate surface area is 83.5 Å². The highest BCUT2D eigenvalue weighted by Gasteiger charge is 2.10. The number of carbonyl (C=O) groups is 1. The smallest absolute Gasteiger partial charge is 0.238 e. The summed E-state index contributed by atoms with van der Waals surface area (Å²) in [7, 11) is 0. The summed E-state index contributed by atoms with van der Waals surface area (Å²) >= 11 is 0. The van der Waals surface area contributed by atoms with Crippen LogP contribution < -0.4 is 11.5 Å². The van der Waals surface area contributed by atoms with Crippen molar-refractivity contribution in [2.75, 3.05) is 0 Å². The first-order valence-corrected chi connectivity index (χ1v) is 3.72. The molecule has 4 heteroatoms. The number of rotatable bonds is 2. The molecular formula is C9H13ClN2O. The van der Waals surface area contributed by atoms with Gasteiger partial charge < -0.3 is 11.5 Å². The maximum absolute atomic E-state index is 10.7. The van der Waals surface area contributed by atoms with Crippen LogP contribution in [0.15, 0.2) is 24.3 Å². The lowest BCUT2D eigenvalue weighted by molar-refractivity contribution is -0.119. The van der Waals surface area contributed by atoms with Gasteiger partial charge in [-0.3, -0.25) is 4.79 Å². The maximum Gasteiger partial charge on any atom is 0.238 e. The van der Waals surface area contributed by atoms with Crippen molar-refractivity contribution in [1.82, 2.24) is 0 Å². The van der Waals surface area contributed by atoms with Crippen LogP contribution >= 0.6 is 12.4 Å². The average Bonchev–Trinajstić information content (AvgIpc) is 2.03. The zero-order valence-electron chi connectivity index (χ0n) is 7.36. The molecule has 0 saturated carbocycles. The first kappa shape index (κ1) is 11.9. The van der Waals surface area contributed by atoms with Gasteiger partial charge in [-0.25, -0.2) is 0 Å². The van der Waals surface area contributed by atoms with E-state index < -0.39 is 11.9 Å². The molecule has 0 saturated heterocycles. The molecule has 1 aromatic rings. The van der Waals surface area contributed by atoms with Gasteiger partial charge in [0.2, 0.25) is 5.91 Å². The van der Waals surface area contributed by atoms with Crippen LogP contribution in [0.4, 0.5) is 0 Å². The van der Waals surface area contributed by atoms with Gasteiger partial charge in [0, 0.05) is 0 Å². The van der Waals surface area contributed by atoms with Crippen molar-refractivity contribution in [3.63, 3.8) is 0 Å². The van der Waals surface area contributed by atoms with Crippen LogP contribution in [0.25, 0.3) is 0 Å². The monoisotopic (exact) mass is 200 g/mol. The number of carbonyl (C=O) groups excluding carboxylic acids is 1. The van der Waals surface area contributed by atoms with Crippen LogP contribution in [-0.2, 0) is 4.79 Å². The third-order valence-electron chi connectivity index (χ3n) is 1.71. The van der Waals surface area contributed by atoms with E-state index in [9.17, 15) is 4.79 Å². The van der Waals surface area contributed by atoms with E-state index in [-0.39, 0.29) is 12.4 Å². The van der Waals surface area contributed by atoms with Gasteiger partial charge >= 0.3 is 0 Å². The Bertz CT molecular complexity index is 301. The maximum atomic E-state index is 10.7. The van der Waals surface area contributed by atoms with Gasteiger partial charge in [0.25, 0.3) is 0 Å². The third-order valence-corrected chi connectivity index (χ3v) is 1.71. The van der Waals surface area contributed by atoms with Crippen molar-refractivity contribution < 1.29 is 4.79 Å². The summed E-state index contributed by atoms with van der Waals surface area (Å²) in [5.41, 5.74) is 12.4. The number of nitrogens with two attached hydrogens (primary N) is 2. The number of aryl methyl sites for hydroxylation is 1. The molecule has 0 aliphatic carbocycles. The van der Waals surface area contributed by atoms with Crippen LogP contribution in [0, 0.1) is 6.92 Å². The minimum Gasteiger partial charge on any atom is -0.368 e. The molecule has 0 aromatic heterocycles. The topological polar surface area (TPSA) is 69.1 Å². The Balaban J connectivity index is 0.00000144. The van der Waals surface area contributed by atoms with E-state index in [0.29, 0.717) is 0 Å². The average molecular weight is 201 g/mol. The third kappa shape index (κ3) is 3.05. The lowest BCUT2D eigenvalue weighted by Gasteiger charge is -2.07. The zero-order chi connectivity index (χ0) is 9.14. The standard InChI is InChI=1S/C9H12N2O.ClH/c1-6-3-2-4-7(5-6)8(10)9(11)12;/h2-5,8H,10H2,1H3,(H2,11,12);1H. The summed E-state index contributed by atoms with van der Waals surface area (Å²) in [4.78, 5) is 10.7. The minimum absolute atomic E-state index is 0. The Kier molecular flexibility index (Phi) is 4.45. The second-order valence-corrected chi connectivity index (χ2v) is 2.79. The van der Waals surface area contributed by atoms with E-state index in [1.54, 1.807) is 6.07 Å².